The third-order valence-electron chi connectivity index (χ3n) is 5.84. The van der Waals surface area contributed by atoms with Crippen LogP contribution in [-0.2, 0) is 9.53 Å². The van der Waals surface area contributed by atoms with Crippen LogP contribution in [0.4, 0.5) is 0 Å². The molecule has 0 N–H and O–H groups in total. The minimum Gasteiger partial charge on any atom is -0.493 e. The summed E-state index contributed by atoms with van der Waals surface area (Å²) in [6, 6.07) is 11.5. The zero-order valence-corrected chi connectivity index (χ0v) is 26.6. The molecule has 0 spiro atoms. The van der Waals surface area contributed by atoms with Crippen molar-refractivity contribution in [1.82, 2.24) is 0 Å². The Morgan fingerprint density at radius 1 is 0.857 bits per heavy atom. The van der Waals surface area contributed by atoms with Crippen molar-refractivity contribution in [1.29, 1.82) is 0 Å². The smallest absolute Gasteiger partial charge is 0.363 e. The molecule has 0 aromatic heterocycles. The highest BCUT2D eigenvalue weighted by Crippen LogP contribution is 2.40. The van der Waals surface area contributed by atoms with Gasteiger partial charge in [-0.15, -0.1) is 0 Å². The number of halogens is 2. The van der Waals surface area contributed by atoms with Gasteiger partial charge >= 0.3 is 11.9 Å². The average molecular weight is 705 g/mol. The van der Waals surface area contributed by atoms with Crippen molar-refractivity contribution >= 4 is 55.8 Å². The predicted molar refractivity (Wildman–Crippen MR) is 162 cm³/mol. The SMILES string of the molecule is CCOc1ccc(C2=N/C(=C\c3cc(Br)cc(Br)c3OC(=O)c3cc(OC)c(OC)c(OC)c3)C(=O)O2)cc1OCC. The van der Waals surface area contributed by atoms with Crippen LogP contribution in [-0.4, -0.2) is 52.4 Å². The van der Waals surface area contributed by atoms with E-state index in [0.29, 0.717) is 62.0 Å². The first-order chi connectivity index (χ1) is 20.2. The fourth-order valence-electron chi connectivity index (χ4n) is 4.01. The molecule has 0 aliphatic carbocycles. The number of aliphatic imine (C=N–C) groups is 1. The largest absolute Gasteiger partial charge is 0.493 e. The van der Waals surface area contributed by atoms with Crippen LogP contribution in [0.2, 0.25) is 0 Å². The lowest BCUT2D eigenvalue weighted by Crippen LogP contribution is -2.11. The minimum absolute atomic E-state index is 0.00642. The molecular weight excluding hydrogens is 678 g/mol. The van der Waals surface area contributed by atoms with Crippen LogP contribution in [0.25, 0.3) is 6.08 Å². The van der Waals surface area contributed by atoms with Gasteiger partial charge in [0.15, 0.2) is 34.4 Å². The van der Waals surface area contributed by atoms with Crippen LogP contribution in [0.3, 0.4) is 0 Å². The summed E-state index contributed by atoms with van der Waals surface area (Å²) in [5.41, 5.74) is 1.07. The van der Waals surface area contributed by atoms with E-state index in [0.717, 1.165) is 0 Å². The molecule has 1 aliphatic heterocycles. The van der Waals surface area contributed by atoms with Gasteiger partial charge in [0.2, 0.25) is 11.6 Å². The molecule has 10 nitrogen and oxygen atoms in total. The van der Waals surface area contributed by atoms with Crippen molar-refractivity contribution in [3.05, 3.63) is 73.8 Å². The first-order valence-corrected chi connectivity index (χ1v) is 14.2. The summed E-state index contributed by atoms with van der Waals surface area (Å²) in [4.78, 5) is 30.5. The van der Waals surface area contributed by atoms with E-state index in [1.54, 1.807) is 30.3 Å². The Bertz CT molecular complexity index is 1560. The Morgan fingerprint density at radius 3 is 2.14 bits per heavy atom. The molecule has 4 rings (SSSR count). The van der Waals surface area contributed by atoms with Gasteiger partial charge in [0, 0.05) is 15.6 Å². The van der Waals surface area contributed by atoms with Crippen LogP contribution in [0.1, 0.15) is 35.3 Å². The van der Waals surface area contributed by atoms with Crippen LogP contribution in [0.5, 0.6) is 34.5 Å². The van der Waals surface area contributed by atoms with Gasteiger partial charge in [-0.1, -0.05) is 15.9 Å². The maximum absolute atomic E-state index is 13.3. The molecule has 0 unspecified atom stereocenters. The van der Waals surface area contributed by atoms with E-state index in [1.807, 2.05) is 13.8 Å². The summed E-state index contributed by atoms with van der Waals surface area (Å²) < 4.78 is 39.7. The van der Waals surface area contributed by atoms with Crippen LogP contribution >= 0.6 is 31.9 Å². The lowest BCUT2D eigenvalue weighted by atomic mass is 10.1. The van der Waals surface area contributed by atoms with Gasteiger partial charge in [0.05, 0.1) is 44.6 Å². The lowest BCUT2D eigenvalue weighted by molar-refractivity contribution is -0.129. The summed E-state index contributed by atoms with van der Waals surface area (Å²) in [5, 5.41) is 0. The van der Waals surface area contributed by atoms with Gasteiger partial charge in [-0.3, -0.25) is 0 Å². The number of hydrogen-bond donors (Lipinski definition) is 0. The zero-order valence-electron chi connectivity index (χ0n) is 23.4. The molecule has 0 bridgehead atoms. The molecule has 3 aromatic rings. The normalized spacial score (nSPS) is 13.4. The van der Waals surface area contributed by atoms with Crippen molar-refractivity contribution < 1.29 is 42.7 Å². The quantitative estimate of drug-likeness (QED) is 0.124. The number of ether oxygens (including phenoxy) is 7. The monoisotopic (exact) mass is 703 g/mol. The molecule has 0 radical (unpaired) electrons. The van der Waals surface area contributed by atoms with Gasteiger partial charge in [0.25, 0.3) is 0 Å². The number of cyclic esters (lactones) is 1. The molecule has 1 heterocycles. The van der Waals surface area contributed by atoms with Crippen molar-refractivity contribution in [2.45, 2.75) is 13.8 Å². The fraction of sp³-hybridized carbons (Fsp3) is 0.233. The highest BCUT2D eigenvalue weighted by atomic mass is 79.9. The van der Waals surface area contributed by atoms with Gasteiger partial charge in [-0.2, -0.15) is 0 Å². The summed E-state index contributed by atoms with van der Waals surface area (Å²) in [7, 11) is 4.36. The van der Waals surface area contributed by atoms with Crippen molar-refractivity contribution in [3.63, 3.8) is 0 Å². The molecule has 0 saturated carbocycles. The molecule has 0 fully saturated rings. The van der Waals surface area contributed by atoms with Crippen molar-refractivity contribution in [3.8, 4) is 34.5 Å². The number of carbonyl (C=O) groups excluding carboxylic acids is 2. The van der Waals surface area contributed by atoms with E-state index >= 15 is 0 Å². The number of rotatable bonds is 11. The third-order valence-corrected chi connectivity index (χ3v) is 6.88. The van der Waals surface area contributed by atoms with Crippen LogP contribution in [0.15, 0.2) is 62.1 Å². The predicted octanol–water partition coefficient (Wildman–Crippen LogP) is 6.60. The first-order valence-electron chi connectivity index (χ1n) is 12.7. The van der Waals surface area contributed by atoms with Gasteiger partial charge < -0.3 is 33.2 Å². The van der Waals surface area contributed by atoms with E-state index in [4.69, 9.17) is 33.2 Å². The van der Waals surface area contributed by atoms with Gasteiger partial charge in [-0.25, -0.2) is 14.6 Å². The summed E-state index contributed by atoms with van der Waals surface area (Å²) >= 11 is 6.89. The highest BCUT2D eigenvalue weighted by molar-refractivity contribution is 9.11. The summed E-state index contributed by atoms with van der Waals surface area (Å²) in [6.07, 6.45) is 1.47. The molecule has 3 aromatic carbocycles. The van der Waals surface area contributed by atoms with E-state index in [9.17, 15) is 9.59 Å². The maximum Gasteiger partial charge on any atom is 0.363 e. The molecule has 0 amide bonds. The van der Waals surface area contributed by atoms with Gasteiger partial charge in [0.1, 0.15) is 0 Å². The second kappa shape index (κ2) is 13.8. The Morgan fingerprint density at radius 2 is 1.52 bits per heavy atom. The number of esters is 2. The number of carbonyl (C=O) groups is 2. The number of benzene rings is 3. The highest BCUT2D eigenvalue weighted by Gasteiger charge is 2.27. The number of methoxy groups -OCH3 is 3. The van der Waals surface area contributed by atoms with Crippen molar-refractivity contribution in [2.75, 3.05) is 34.5 Å². The Balaban J connectivity index is 1.70. The van der Waals surface area contributed by atoms with Crippen LogP contribution in [0, 0.1) is 0 Å². The summed E-state index contributed by atoms with van der Waals surface area (Å²) in [5.74, 6) is 0.868. The third kappa shape index (κ3) is 6.71. The number of nitrogens with zero attached hydrogens (tertiary/aromatic N) is 1. The number of hydrogen-bond acceptors (Lipinski definition) is 10. The molecule has 0 atom stereocenters. The molecule has 42 heavy (non-hydrogen) atoms. The minimum atomic E-state index is -0.701. The maximum atomic E-state index is 13.3. The topological polar surface area (TPSA) is 111 Å². The standard InChI is InChI=1S/C30H27Br2NO9/c1-6-39-22-9-8-16(12-23(22)40-7-2)28-33-21(30(35)42-28)11-17-10-19(31)15-20(32)26(17)41-29(34)18-13-24(36-3)27(38-5)25(14-18)37-4/h8-15H,6-7H2,1-5H3/b21-11-. The molecule has 12 heteroatoms. The van der Waals surface area contributed by atoms with Gasteiger partial charge in [-0.05, 0) is 78.3 Å². The lowest BCUT2D eigenvalue weighted by Gasteiger charge is -2.15. The molecule has 0 saturated heterocycles. The zero-order chi connectivity index (χ0) is 30.4. The van der Waals surface area contributed by atoms with E-state index in [2.05, 4.69) is 36.9 Å². The molecule has 1 aliphatic rings. The first kappa shape index (κ1) is 30.9. The van der Waals surface area contributed by atoms with E-state index in [1.165, 1.54) is 39.5 Å². The Hall–Kier alpha value is -4.03. The second-order valence-corrected chi connectivity index (χ2v) is 10.2. The average Bonchev–Trinajstić information content (AvgIpc) is 3.34. The fourth-order valence-corrected chi connectivity index (χ4v) is 5.35. The van der Waals surface area contributed by atoms with Crippen LogP contribution < -0.4 is 28.4 Å². The summed E-state index contributed by atoms with van der Waals surface area (Å²) in [6.45, 7) is 4.63. The second-order valence-electron chi connectivity index (χ2n) is 8.47. The Kier molecular flexibility index (Phi) is 10.1. The van der Waals surface area contributed by atoms with E-state index in [-0.39, 0.29) is 22.9 Å². The van der Waals surface area contributed by atoms with Crippen molar-refractivity contribution in [2.24, 2.45) is 4.99 Å². The molecule has 220 valence electrons. The molecular formula is C30H27Br2NO9. The van der Waals surface area contributed by atoms with E-state index < -0.39 is 11.9 Å². The Labute approximate surface area is 259 Å².